The highest BCUT2D eigenvalue weighted by atomic mass is 32.1. The first-order valence-corrected chi connectivity index (χ1v) is 10.5. The predicted molar refractivity (Wildman–Crippen MR) is 108 cm³/mol. The molecule has 0 unspecified atom stereocenters. The van der Waals surface area contributed by atoms with Gasteiger partial charge in [0.05, 0.1) is 18.6 Å². The van der Waals surface area contributed by atoms with Gasteiger partial charge in [0.15, 0.2) is 5.82 Å². The molecule has 0 bridgehead atoms. The van der Waals surface area contributed by atoms with Crippen LogP contribution >= 0.6 is 11.3 Å². The first kappa shape index (κ1) is 17.0. The van der Waals surface area contributed by atoms with E-state index in [2.05, 4.69) is 15.2 Å². The molecule has 140 valence electrons. The molecule has 6 nitrogen and oxygen atoms in total. The fourth-order valence-corrected chi connectivity index (χ4v) is 5.17. The van der Waals surface area contributed by atoms with Crippen LogP contribution in [0.15, 0.2) is 24.5 Å². The van der Waals surface area contributed by atoms with E-state index in [1.165, 1.54) is 28.7 Å². The summed E-state index contributed by atoms with van der Waals surface area (Å²) < 4.78 is 5.44. The van der Waals surface area contributed by atoms with E-state index in [4.69, 9.17) is 14.7 Å². The molecule has 3 aromatic heterocycles. The zero-order valence-corrected chi connectivity index (χ0v) is 16.1. The van der Waals surface area contributed by atoms with Crippen LogP contribution in [0.3, 0.4) is 0 Å². The summed E-state index contributed by atoms with van der Waals surface area (Å²) in [5, 5.41) is 4.85. The molecule has 0 radical (unpaired) electrons. The van der Waals surface area contributed by atoms with Crippen LogP contribution in [-0.2, 0) is 17.6 Å². The number of ether oxygens (including phenoxy) is 1. The van der Waals surface area contributed by atoms with Crippen molar-refractivity contribution in [2.75, 3.05) is 44.7 Å². The summed E-state index contributed by atoms with van der Waals surface area (Å²) >= 11 is 1.83. The third-order valence-corrected chi connectivity index (χ3v) is 6.49. The van der Waals surface area contributed by atoms with Gasteiger partial charge >= 0.3 is 0 Å². The number of nitrogens with one attached hydrogen (secondary N) is 1. The van der Waals surface area contributed by atoms with Gasteiger partial charge in [0.1, 0.15) is 10.6 Å². The number of fused-ring (bicyclic) bond motifs is 3. The minimum absolute atomic E-state index is 0.754. The summed E-state index contributed by atoms with van der Waals surface area (Å²) in [6, 6.07) is 3.95. The number of morpholine rings is 1. The Morgan fingerprint density at radius 1 is 1.19 bits per heavy atom. The van der Waals surface area contributed by atoms with Gasteiger partial charge in [-0.2, -0.15) is 0 Å². The number of anilines is 1. The van der Waals surface area contributed by atoms with Crippen molar-refractivity contribution in [3.8, 4) is 11.4 Å². The normalized spacial score (nSPS) is 17.3. The number of rotatable bonds is 5. The minimum Gasteiger partial charge on any atom is -0.379 e. The van der Waals surface area contributed by atoms with E-state index < -0.39 is 0 Å². The Kier molecular flexibility index (Phi) is 4.73. The first-order chi connectivity index (χ1) is 13.4. The van der Waals surface area contributed by atoms with Crippen molar-refractivity contribution in [1.29, 1.82) is 0 Å². The van der Waals surface area contributed by atoms with Gasteiger partial charge in [0.25, 0.3) is 0 Å². The van der Waals surface area contributed by atoms with Crippen LogP contribution in [0.1, 0.15) is 16.9 Å². The summed E-state index contributed by atoms with van der Waals surface area (Å²) in [4.78, 5) is 19.0. The molecule has 0 saturated carbocycles. The van der Waals surface area contributed by atoms with Gasteiger partial charge in [0.2, 0.25) is 0 Å². The van der Waals surface area contributed by atoms with Gasteiger partial charge in [-0.05, 0) is 37.0 Å². The maximum atomic E-state index is 5.44. The van der Waals surface area contributed by atoms with Crippen LogP contribution in [0.25, 0.3) is 21.6 Å². The van der Waals surface area contributed by atoms with E-state index in [1.807, 2.05) is 29.7 Å². The van der Waals surface area contributed by atoms with Gasteiger partial charge in [-0.3, -0.25) is 9.88 Å². The van der Waals surface area contributed by atoms with Gasteiger partial charge < -0.3 is 10.1 Å². The van der Waals surface area contributed by atoms with Gasteiger partial charge in [-0.15, -0.1) is 11.3 Å². The second kappa shape index (κ2) is 7.50. The molecule has 1 fully saturated rings. The molecule has 4 heterocycles. The zero-order chi connectivity index (χ0) is 18.1. The van der Waals surface area contributed by atoms with Crippen LogP contribution in [0.4, 0.5) is 5.82 Å². The van der Waals surface area contributed by atoms with E-state index in [-0.39, 0.29) is 0 Å². The van der Waals surface area contributed by atoms with Crippen molar-refractivity contribution < 1.29 is 4.74 Å². The number of aryl methyl sites for hydroxylation is 2. The van der Waals surface area contributed by atoms with E-state index in [1.54, 1.807) is 6.20 Å². The Bertz CT molecular complexity index is 936. The highest BCUT2D eigenvalue weighted by molar-refractivity contribution is 7.19. The summed E-state index contributed by atoms with van der Waals surface area (Å²) in [5.74, 6) is 1.73. The third kappa shape index (κ3) is 3.42. The number of thiophene rings is 1. The highest BCUT2D eigenvalue weighted by Crippen LogP contribution is 2.40. The summed E-state index contributed by atoms with van der Waals surface area (Å²) in [6.07, 6.45) is 7.17. The number of aromatic nitrogens is 3. The number of hydrogen-bond donors (Lipinski definition) is 1. The predicted octanol–water partition coefficient (Wildman–Crippen LogP) is 2.99. The zero-order valence-electron chi connectivity index (χ0n) is 15.3. The molecule has 1 aliphatic heterocycles. The van der Waals surface area contributed by atoms with Crippen molar-refractivity contribution in [1.82, 2.24) is 19.9 Å². The molecule has 0 aromatic carbocycles. The topological polar surface area (TPSA) is 63.2 Å². The molecule has 7 heteroatoms. The number of pyridine rings is 1. The van der Waals surface area contributed by atoms with Gasteiger partial charge in [-0.1, -0.05) is 0 Å². The van der Waals surface area contributed by atoms with Crippen molar-refractivity contribution >= 4 is 27.4 Å². The van der Waals surface area contributed by atoms with Crippen LogP contribution in [0, 0.1) is 0 Å². The maximum Gasteiger partial charge on any atom is 0.164 e. The van der Waals surface area contributed by atoms with Crippen molar-refractivity contribution in [3.63, 3.8) is 0 Å². The molecule has 0 spiro atoms. The van der Waals surface area contributed by atoms with Crippen molar-refractivity contribution in [2.24, 2.45) is 0 Å². The van der Waals surface area contributed by atoms with E-state index >= 15 is 0 Å². The average Bonchev–Trinajstić information content (AvgIpc) is 3.30. The lowest BCUT2D eigenvalue weighted by molar-refractivity contribution is 0.0398. The Morgan fingerprint density at radius 2 is 2.11 bits per heavy atom. The summed E-state index contributed by atoms with van der Waals surface area (Å²) in [7, 11) is 0. The third-order valence-electron chi connectivity index (χ3n) is 5.31. The Morgan fingerprint density at radius 3 is 2.96 bits per heavy atom. The molecule has 0 atom stereocenters. The Hall–Kier alpha value is -2.09. The van der Waals surface area contributed by atoms with Gasteiger partial charge in [-0.25, -0.2) is 9.97 Å². The fourth-order valence-electron chi connectivity index (χ4n) is 3.91. The standard InChI is InChI=1S/C20H23N5OS/c1-4-15-16(5-1)27-20-17(15)19(22-7-8-25-9-11-26-12-10-25)23-18(24-20)14-3-2-6-21-13-14/h2-3,6,13H,1,4-5,7-12H2,(H,22,23,24). The van der Waals surface area contributed by atoms with E-state index in [0.717, 1.165) is 67.8 Å². The SMILES string of the molecule is c1cncc(-c2nc(NCCN3CCOCC3)c3c4c(sc3n2)CCC4)c1. The molecule has 5 rings (SSSR count). The first-order valence-electron chi connectivity index (χ1n) is 9.65. The summed E-state index contributed by atoms with van der Waals surface area (Å²) in [5.41, 5.74) is 2.42. The number of nitrogens with zero attached hydrogens (tertiary/aromatic N) is 4. The Balaban J connectivity index is 1.46. The monoisotopic (exact) mass is 381 g/mol. The minimum atomic E-state index is 0.754. The second-order valence-electron chi connectivity index (χ2n) is 7.06. The quantitative estimate of drug-likeness (QED) is 0.733. The van der Waals surface area contributed by atoms with Crippen LogP contribution in [0.5, 0.6) is 0 Å². The van der Waals surface area contributed by atoms with Crippen LogP contribution in [0.2, 0.25) is 0 Å². The molecule has 1 aliphatic carbocycles. The summed E-state index contributed by atoms with van der Waals surface area (Å²) in [6.45, 7) is 5.57. The largest absolute Gasteiger partial charge is 0.379 e. The van der Waals surface area contributed by atoms with Crippen molar-refractivity contribution in [2.45, 2.75) is 19.3 Å². The van der Waals surface area contributed by atoms with E-state index in [0.29, 0.717) is 0 Å². The second-order valence-corrected chi connectivity index (χ2v) is 8.14. The molecule has 1 N–H and O–H groups in total. The number of hydrogen-bond acceptors (Lipinski definition) is 7. The van der Waals surface area contributed by atoms with E-state index in [9.17, 15) is 0 Å². The molecule has 2 aliphatic rings. The molecular weight excluding hydrogens is 358 g/mol. The molecule has 27 heavy (non-hydrogen) atoms. The van der Waals surface area contributed by atoms with Crippen LogP contribution < -0.4 is 5.32 Å². The molecular formula is C20H23N5OS. The lowest BCUT2D eigenvalue weighted by Crippen LogP contribution is -2.39. The highest BCUT2D eigenvalue weighted by Gasteiger charge is 2.22. The smallest absolute Gasteiger partial charge is 0.164 e. The lowest BCUT2D eigenvalue weighted by Gasteiger charge is -2.26. The lowest BCUT2D eigenvalue weighted by atomic mass is 10.2. The average molecular weight is 382 g/mol. The van der Waals surface area contributed by atoms with Crippen molar-refractivity contribution in [3.05, 3.63) is 35.0 Å². The fraction of sp³-hybridized carbons (Fsp3) is 0.450. The van der Waals surface area contributed by atoms with Gasteiger partial charge in [0, 0.05) is 49.0 Å². The Labute approximate surface area is 162 Å². The van der Waals surface area contributed by atoms with Crippen LogP contribution in [-0.4, -0.2) is 59.2 Å². The maximum absolute atomic E-state index is 5.44. The molecule has 3 aromatic rings. The molecule has 0 amide bonds. The molecule has 1 saturated heterocycles.